The minimum Gasteiger partial charge on any atom is -0.481 e. The van der Waals surface area contributed by atoms with Gasteiger partial charge in [0.1, 0.15) is 0 Å². The van der Waals surface area contributed by atoms with Gasteiger partial charge in [-0.05, 0) is 38.5 Å². The van der Waals surface area contributed by atoms with Crippen molar-refractivity contribution in [2.75, 3.05) is 0 Å². The maximum absolute atomic E-state index is 13.1. The van der Waals surface area contributed by atoms with Crippen molar-refractivity contribution in [3.63, 3.8) is 0 Å². The molecular weight excluding hydrogens is 412 g/mol. The summed E-state index contributed by atoms with van der Waals surface area (Å²) in [7, 11) is 0. The largest absolute Gasteiger partial charge is 0.481 e. The van der Waals surface area contributed by atoms with Crippen LogP contribution in [0.4, 0.5) is 0 Å². The Morgan fingerprint density at radius 1 is 0.806 bits per heavy atom. The molecule has 31 heavy (non-hydrogen) atoms. The monoisotopic (exact) mass is 444 g/mol. The van der Waals surface area contributed by atoms with Crippen molar-refractivity contribution >= 4 is 29.8 Å². The molecule has 0 aromatic rings. The number of carbonyl (C=O) groups excluding carboxylic acids is 2. The van der Waals surface area contributed by atoms with E-state index in [0.29, 0.717) is 12.8 Å². The second kappa shape index (κ2) is 11.1. The minimum absolute atomic E-state index is 0.0261. The molecule has 1 saturated carbocycles. The van der Waals surface area contributed by atoms with Gasteiger partial charge in [0.2, 0.25) is 12.2 Å². The molecule has 0 spiro atoms. The predicted octanol–water partition coefficient (Wildman–Crippen LogP) is 2.33. The van der Waals surface area contributed by atoms with Crippen LogP contribution < -0.4 is 0 Å². The molecule has 0 aromatic carbocycles. The van der Waals surface area contributed by atoms with Gasteiger partial charge in [-0.3, -0.25) is 14.4 Å². The van der Waals surface area contributed by atoms with Gasteiger partial charge in [0.05, 0.1) is 5.92 Å². The zero-order valence-corrected chi connectivity index (χ0v) is 18.3. The number of aliphatic carboxylic acids is 3. The summed E-state index contributed by atoms with van der Waals surface area (Å²) in [6.07, 6.45) is -2.71. The molecule has 4 atom stereocenters. The van der Waals surface area contributed by atoms with Crippen molar-refractivity contribution < 1.29 is 48.8 Å². The van der Waals surface area contributed by atoms with Crippen LogP contribution in [0.5, 0.6) is 0 Å². The summed E-state index contributed by atoms with van der Waals surface area (Å²) in [6.45, 7) is 6.61. The normalized spacial score (nSPS) is 24.8. The van der Waals surface area contributed by atoms with Crippen LogP contribution in [-0.2, 0) is 33.4 Å². The summed E-state index contributed by atoms with van der Waals surface area (Å²) >= 11 is 0. The lowest BCUT2D eigenvalue weighted by Crippen LogP contribution is -2.50. The smallest absolute Gasteiger partial charge is 0.345 e. The lowest BCUT2D eigenvalue weighted by atomic mass is 9.70. The van der Waals surface area contributed by atoms with E-state index in [1.165, 1.54) is 0 Å². The highest BCUT2D eigenvalue weighted by Crippen LogP contribution is 2.42. The zero-order chi connectivity index (χ0) is 23.9. The van der Waals surface area contributed by atoms with Crippen molar-refractivity contribution in [3.8, 4) is 0 Å². The molecule has 3 N–H and O–H groups in total. The number of hydrogen-bond donors (Lipinski definition) is 3. The molecule has 1 rings (SSSR count). The fourth-order valence-electron chi connectivity index (χ4n) is 3.55. The van der Waals surface area contributed by atoms with Crippen molar-refractivity contribution in [2.45, 2.75) is 78.4 Å². The fraction of sp³-hybridized carbons (Fsp3) is 0.762. The standard InChI is InChI=1S/C21H32O10/c1-5-11(3)14(17(24)25)30-19(28)21(9-7-13(8-10-21)16(22)23)20(29)31-15(18(26)27)12(4)6-2/h11-15H,5-10H2,1-4H3,(H,22,23)(H,24,25)(H,26,27). The molecule has 10 nitrogen and oxygen atoms in total. The number of esters is 2. The molecule has 0 bridgehead atoms. The third-order valence-corrected chi connectivity index (χ3v) is 6.25. The Balaban J connectivity index is 3.24. The Labute approximate surface area is 180 Å². The van der Waals surface area contributed by atoms with Gasteiger partial charge in [0.25, 0.3) is 0 Å². The Hall–Kier alpha value is -2.65. The van der Waals surface area contributed by atoms with Gasteiger partial charge in [0.15, 0.2) is 5.41 Å². The van der Waals surface area contributed by atoms with Gasteiger partial charge in [-0.15, -0.1) is 0 Å². The average molecular weight is 444 g/mol. The van der Waals surface area contributed by atoms with E-state index in [0.717, 1.165) is 0 Å². The van der Waals surface area contributed by atoms with Gasteiger partial charge in [-0.2, -0.15) is 0 Å². The molecule has 0 saturated heterocycles. The van der Waals surface area contributed by atoms with Crippen LogP contribution in [0.3, 0.4) is 0 Å². The van der Waals surface area contributed by atoms with Crippen molar-refractivity contribution in [1.29, 1.82) is 0 Å². The van der Waals surface area contributed by atoms with Crippen LogP contribution >= 0.6 is 0 Å². The summed E-state index contributed by atoms with van der Waals surface area (Å²) in [5, 5.41) is 28.1. The minimum atomic E-state index is -1.95. The van der Waals surface area contributed by atoms with E-state index < -0.39 is 65.2 Å². The van der Waals surface area contributed by atoms with E-state index in [1.54, 1.807) is 27.7 Å². The quantitative estimate of drug-likeness (QED) is 0.318. The summed E-state index contributed by atoms with van der Waals surface area (Å²) in [5.74, 6) is -7.88. The number of carboxylic acids is 3. The van der Waals surface area contributed by atoms with Gasteiger partial charge in [0, 0.05) is 11.8 Å². The molecule has 4 unspecified atom stereocenters. The first-order valence-electron chi connectivity index (χ1n) is 10.5. The first kappa shape index (κ1) is 26.4. The summed E-state index contributed by atoms with van der Waals surface area (Å²) < 4.78 is 10.4. The molecular formula is C21H32O10. The second-order valence-corrected chi connectivity index (χ2v) is 8.29. The molecule has 10 heteroatoms. The first-order chi connectivity index (χ1) is 14.4. The highest BCUT2D eigenvalue weighted by molar-refractivity contribution is 6.01. The van der Waals surface area contributed by atoms with Crippen LogP contribution in [0.25, 0.3) is 0 Å². The van der Waals surface area contributed by atoms with Crippen LogP contribution in [0.15, 0.2) is 0 Å². The Bertz CT molecular complexity index is 648. The van der Waals surface area contributed by atoms with Crippen LogP contribution in [-0.4, -0.2) is 57.4 Å². The first-order valence-corrected chi connectivity index (χ1v) is 10.5. The SMILES string of the molecule is CCC(C)C(OC(=O)C1(C(=O)OC(C(=O)O)C(C)CC)CCC(C(=O)O)CC1)C(=O)O. The fourth-order valence-corrected chi connectivity index (χ4v) is 3.55. The van der Waals surface area contributed by atoms with Crippen LogP contribution in [0.2, 0.25) is 0 Å². The molecule has 0 radical (unpaired) electrons. The topological polar surface area (TPSA) is 165 Å². The third kappa shape index (κ3) is 6.18. The van der Waals surface area contributed by atoms with Crippen LogP contribution in [0.1, 0.15) is 66.2 Å². The number of carboxylic acid groups (broad SMARTS) is 3. The maximum atomic E-state index is 13.1. The van der Waals surface area contributed by atoms with Crippen LogP contribution in [0, 0.1) is 23.2 Å². The van der Waals surface area contributed by atoms with E-state index in [9.17, 15) is 39.3 Å². The van der Waals surface area contributed by atoms with Gasteiger partial charge in [-0.25, -0.2) is 9.59 Å². The Morgan fingerprint density at radius 3 is 1.42 bits per heavy atom. The molecule has 0 aliphatic heterocycles. The zero-order valence-electron chi connectivity index (χ0n) is 18.3. The van der Waals surface area contributed by atoms with Crippen molar-refractivity contribution in [3.05, 3.63) is 0 Å². The summed E-state index contributed by atoms with van der Waals surface area (Å²) in [6, 6.07) is 0. The predicted molar refractivity (Wildman–Crippen MR) is 106 cm³/mol. The molecule has 0 aromatic heterocycles. The van der Waals surface area contributed by atoms with Crippen molar-refractivity contribution in [1.82, 2.24) is 0 Å². The summed E-state index contributed by atoms with van der Waals surface area (Å²) in [4.78, 5) is 60.6. The number of hydrogen-bond acceptors (Lipinski definition) is 7. The number of carbonyl (C=O) groups is 5. The summed E-state index contributed by atoms with van der Waals surface area (Å²) in [5.41, 5.74) is -1.95. The average Bonchev–Trinajstić information content (AvgIpc) is 2.73. The molecule has 176 valence electrons. The highest BCUT2D eigenvalue weighted by Gasteiger charge is 2.54. The van der Waals surface area contributed by atoms with E-state index in [1.807, 2.05) is 0 Å². The maximum Gasteiger partial charge on any atom is 0.345 e. The van der Waals surface area contributed by atoms with E-state index in [4.69, 9.17) is 9.47 Å². The molecule has 0 amide bonds. The van der Waals surface area contributed by atoms with Gasteiger partial charge < -0.3 is 24.8 Å². The third-order valence-electron chi connectivity index (χ3n) is 6.25. The van der Waals surface area contributed by atoms with E-state index >= 15 is 0 Å². The van der Waals surface area contributed by atoms with E-state index in [-0.39, 0.29) is 25.7 Å². The van der Waals surface area contributed by atoms with Gasteiger partial charge in [-0.1, -0.05) is 27.7 Å². The number of ether oxygens (including phenoxy) is 2. The Kier molecular flexibility index (Phi) is 9.45. The molecule has 1 aliphatic carbocycles. The second-order valence-electron chi connectivity index (χ2n) is 8.29. The molecule has 1 aliphatic rings. The lowest BCUT2D eigenvalue weighted by Gasteiger charge is -2.37. The highest BCUT2D eigenvalue weighted by atomic mass is 16.6. The van der Waals surface area contributed by atoms with E-state index in [2.05, 4.69) is 0 Å². The molecule has 0 heterocycles. The number of rotatable bonds is 11. The van der Waals surface area contributed by atoms with Gasteiger partial charge >= 0.3 is 29.8 Å². The lowest BCUT2D eigenvalue weighted by molar-refractivity contribution is -0.193. The Morgan fingerprint density at radius 2 is 1.16 bits per heavy atom. The van der Waals surface area contributed by atoms with Crippen molar-refractivity contribution in [2.24, 2.45) is 23.2 Å². The molecule has 1 fully saturated rings.